The quantitative estimate of drug-likeness (QED) is 0.906. The van der Waals surface area contributed by atoms with Gasteiger partial charge in [-0.1, -0.05) is 30.3 Å². The van der Waals surface area contributed by atoms with E-state index in [4.69, 9.17) is 4.74 Å². The first-order chi connectivity index (χ1) is 9.61. The lowest BCUT2D eigenvalue weighted by molar-refractivity contribution is 0.180. The molecule has 0 aliphatic heterocycles. The van der Waals surface area contributed by atoms with Crippen LogP contribution in [0.1, 0.15) is 17.2 Å². The first kappa shape index (κ1) is 14.4. The van der Waals surface area contributed by atoms with Gasteiger partial charge in [0.2, 0.25) is 0 Å². The van der Waals surface area contributed by atoms with Crippen molar-refractivity contribution in [2.45, 2.75) is 13.0 Å². The van der Waals surface area contributed by atoms with Gasteiger partial charge in [-0.05, 0) is 30.7 Å². The van der Waals surface area contributed by atoms with E-state index in [1.54, 1.807) is 7.11 Å². The minimum absolute atomic E-state index is 0.518. The fraction of sp³-hybridized carbons (Fsp3) is 0.294. The smallest absolute Gasteiger partial charge is 0.124 e. The maximum Gasteiger partial charge on any atom is 0.124 e. The van der Waals surface area contributed by atoms with Crippen molar-refractivity contribution in [1.29, 1.82) is 0 Å². The molecule has 0 spiro atoms. The van der Waals surface area contributed by atoms with E-state index in [2.05, 4.69) is 19.1 Å². The van der Waals surface area contributed by atoms with Gasteiger partial charge in [-0.3, -0.25) is 0 Å². The molecule has 0 saturated heterocycles. The van der Waals surface area contributed by atoms with Crippen LogP contribution < -0.4 is 9.64 Å². The Morgan fingerprint density at radius 2 is 1.90 bits per heavy atom. The van der Waals surface area contributed by atoms with Crippen LogP contribution in [-0.2, 0) is 0 Å². The van der Waals surface area contributed by atoms with Crippen LogP contribution in [0.3, 0.4) is 0 Å². The number of benzene rings is 2. The monoisotopic (exact) mass is 271 g/mol. The standard InChI is InChI=1S/C17H21NO2/c1-13-7-6-8-14(11-13)18(2)12-16(19)15-9-4-5-10-17(15)20-3/h4-11,16,19H,12H2,1-3H3. The minimum atomic E-state index is -0.586. The van der Waals surface area contributed by atoms with Crippen LogP contribution in [0.5, 0.6) is 5.75 Å². The van der Waals surface area contributed by atoms with E-state index in [-0.39, 0.29) is 0 Å². The molecule has 20 heavy (non-hydrogen) atoms. The van der Waals surface area contributed by atoms with E-state index in [1.807, 2.05) is 48.3 Å². The molecule has 0 bridgehead atoms. The molecular formula is C17H21NO2. The fourth-order valence-electron chi connectivity index (χ4n) is 2.27. The van der Waals surface area contributed by atoms with Crippen LogP contribution in [0.25, 0.3) is 0 Å². The summed E-state index contributed by atoms with van der Waals surface area (Å²) in [6.45, 7) is 2.58. The van der Waals surface area contributed by atoms with Gasteiger partial charge in [-0.15, -0.1) is 0 Å². The van der Waals surface area contributed by atoms with Gasteiger partial charge in [0.15, 0.2) is 0 Å². The Morgan fingerprint density at radius 1 is 1.15 bits per heavy atom. The van der Waals surface area contributed by atoms with Gasteiger partial charge in [0.25, 0.3) is 0 Å². The maximum atomic E-state index is 10.4. The molecular weight excluding hydrogens is 250 g/mol. The second-order valence-corrected chi connectivity index (χ2v) is 4.98. The number of hydrogen-bond donors (Lipinski definition) is 1. The summed E-state index contributed by atoms with van der Waals surface area (Å²) < 4.78 is 5.29. The van der Waals surface area contributed by atoms with Crippen molar-refractivity contribution in [2.75, 3.05) is 25.6 Å². The summed E-state index contributed by atoms with van der Waals surface area (Å²) in [7, 11) is 3.60. The van der Waals surface area contributed by atoms with E-state index in [0.717, 1.165) is 17.0 Å². The molecule has 0 aliphatic carbocycles. The third-order valence-corrected chi connectivity index (χ3v) is 3.39. The molecule has 0 amide bonds. The average Bonchev–Trinajstić information content (AvgIpc) is 2.47. The van der Waals surface area contributed by atoms with Gasteiger partial charge in [0.05, 0.1) is 13.2 Å². The first-order valence-electron chi connectivity index (χ1n) is 6.70. The Labute approximate surface area is 120 Å². The van der Waals surface area contributed by atoms with Crippen molar-refractivity contribution >= 4 is 5.69 Å². The molecule has 0 heterocycles. The van der Waals surface area contributed by atoms with Crippen LogP contribution in [-0.4, -0.2) is 25.8 Å². The van der Waals surface area contributed by atoms with Gasteiger partial charge in [-0.2, -0.15) is 0 Å². The Bertz CT molecular complexity index is 568. The Kier molecular flexibility index (Phi) is 4.64. The van der Waals surface area contributed by atoms with Crippen molar-refractivity contribution in [1.82, 2.24) is 0 Å². The first-order valence-corrected chi connectivity index (χ1v) is 6.70. The zero-order valence-electron chi connectivity index (χ0n) is 12.2. The predicted octanol–water partition coefficient (Wildman–Crippen LogP) is 3.17. The summed E-state index contributed by atoms with van der Waals surface area (Å²) in [5, 5.41) is 10.4. The largest absolute Gasteiger partial charge is 0.496 e. The highest BCUT2D eigenvalue weighted by Crippen LogP contribution is 2.26. The number of aliphatic hydroxyl groups excluding tert-OH is 1. The third-order valence-electron chi connectivity index (χ3n) is 3.39. The number of ether oxygens (including phenoxy) is 1. The van der Waals surface area contributed by atoms with Crippen LogP contribution in [0.15, 0.2) is 48.5 Å². The van der Waals surface area contributed by atoms with Crippen molar-refractivity contribution in [3.63, 3.8) is 0 Å². The van der Waals surface area contributed by atoms with Gasteiger partial charge in [0.1, 0.15) is 5.75 Å². The number of nitrogens with zero attached hydrogens (tertiary/aromatic N) is 1. The summed E-state index contributed by atoms with van der Waals surface area (Å²) in [4.78, 5) is 2.05. The molecule has 0 aliphatic rings. The lowest BCUT2D eigenvalue weighted by Crippen LogP contribution is -2.24. The molecule has 0 aromatic heterocycles. The lowest BCUT2D eigenvalue weighted by Gasteiger charge is -2.24. The molecule has 2 rings (SSSR count). The topological polar surface area (TPSA) is 32.7 Å². The molecule has 106 valence electrons. The lowest BCUT2D eigenvalue weighted by atomic mass is 10.1. The minimum Gasteiger partial charge on any atom is -0.496 e. The van der Waals surface area contributed by atoms with Gasteiger partial charge < -0.3 is 14.7 Å². The van der Waals surface area contributed by atoms with E-state index >= 15 is 0 Å². The highest BCUT2D eigenvalue weighted by molar-refractivity contribution is 5.48. The molecule has 1 N–H and O–H groups in total. The summed E-state index contributed by atoms with van der Waals surface area (Å²) in [6.07, 6.45) is -0.586. The molecule has 2 aromatic carbocycles. The third kappa shape index (κ3) is 3.31. The number of aliphatic hydroxyl groups is 1. The van der Waals surface area contributed by atoms with Gasteiger partial charge >= 0.3 is 0 Å². The zero-order chi connectivity index (χ0) is 14.5. The van der Waals surface area contributed by atoms with Crippen molar-refractivity contribution < 1.29 is 9.84 Å². The number of para-hydroxylation sites is 1. The number of likely N-dealkylation sites (N-methyl/N-ethyl adjacent to an activating group) is 1. The number of rotatable bonds is 5. The summed E-state index contributed by atoms with van der Waals surface area (Å²) in [6, 6.07) is 15.8. The van der Waals surface area contributed by atoms with Crippen LogP contribution in [0.2, 0.25) is 0 Å². The van der Waals surface area contributed by atoms with E-state index in [1.165, 1.54) is 5.56 Å². The fourth-order valence-corrected chi connectivity index (χ4v) is 2.27. The van der Waals surface area contributed by atoms with Crippen molar-refractivity contribution in [3.8, 4) is 5.75 Å². The molecule has 0 fully saturated rings. The molecule has 1 unspecified atom stereocenters. The Morgan fingerprint density at radius 3 is 2.60 bits per heavy atom. The van der Waals surface area contributed by atoms with Crippen molar-refractivity contribution in [2.24, 2.45) is 0 Å². The maximum absolute atomic E-state index is 10.4. The van der Waals surface area contributed by atoms with E-state index < -0.39 is 6.10 Å². The van der Waals surface area contributed by atoms with Crippen LogP contribution >= 0.6 is 0 Å². The summed E-state index contributed by atoms with van der Waals surface area (Å²) >= 11 is 0. The van der Waals surface area contributed by atoms with Crippen LogP contribution in [0.4, 0.5) is 5.69 Å². The SMILES string of the molecule is COc1ccccc1C(O)CN(C)c1cccc(C)c1. The second-order valence-electron chi connectivity index (χ2n) is 4.98. The summed E-state index contributed by atoms with van der Waals surface area (Å²) in [5.74, 6) is 0.720. The molecule has 2 aromatic rings. The highest BCUT2D eigenvalue weighted by Gasteiger charge is 2.15. The van der Waals surface area contributed by atoms with Gasteiger partial charge in [0, 0.05) is 24.8 Å². The number of hydrogen-bond acceptors (Lipinski definition) is 3. The summed E-state index contributed by atoms with van der Waals surface area (Å²) in [5.41, 5.74) is 3.12. The zero-order valence-corrected chi connectivity index (χ0v) is 12.2. The number of methoxy groups -OCH3 is 1. The number of aryl methyl sites for hydroxylation is 1. The predicted molar refractivity (Wildman–Crippen MR) is 82.4 cm³/mol. The molecule has 0 radical (unpaired) electrons. The molecule has 3 nitrogen and oxygen atoms in total. The molecule has 3 heteroatoms. The normalized spacial score (nSPS) is 12.0. The number of anilines is 1. The average molecular weight is 271 g/mol. The highest BCUT2D eigenvalue weighted by atomic mass is 16.5. The Hall–Kier alpha value is -2.00. The van der Waals surface area contributed by atoms with Crippen LogP contribution in [0, 0.1) is 6.92 Å². The van der Waals surface area contributed by atoms with E-state index in [9.17, 15) is 5.11 Å². The second kappa shape index (κ2) is 6.44. The van der Waals surface area contributed by atoms with Crippen molar-refractivity contribution in [3.05, 3.63) is 59.7 Å². The van der Waals surface area contributed by atoms with E-state index in [0.29, 0.717) is 6.54 Å². The molecule has 1 atom stereocenters. The molecule has 0 saturated carbocycles. The Balaban J connectivity index is 2.13. The van der Waals surface area contributed by atoms with Gasteiger partial charge in [-0.25, -0.2) is 0 Å².